The number of nitrogens with one attached hydrogen (secondary N) is 1. The number of methoxy groups -OCH3 is 1. The molecule has 1 aliphatic heterocycles. The zero-order valence-electron chi connectivity index (χ0n) is 17.2. The number of amides is 1. The number of benzene rings is 2. The molecule has 1 aliphatic rings. The maximum absolute atomic E-state index is 13.1. The molecular weight excluding hydrogens is 410 g/mol. The van der Waals surface area contributed by atoms with Gasteiger partial charge >= 0.3 is 0 Å². The third kappa shape index (κ3) is 3.85. The van der Waals surface area contributed by atoms with Crippen LogP contribution in [0, 0.1) is 0 Å². The van der Waals surface area contributed by atoms with Crippen LogP contribution in [0.15, 0.2) is 76.3 Å². The molecule has 160 valence electrons. The Morgan fingerprint density at radius 2 is 1.91 bits per heavy atom. The Hall–Kier alpha value is -4.33. The highest BCUT2D eigenvalue weighted by molar-refractivity contribution is 6.05. The third-order valence-corrected chi connectivity index (χ3v) is 4.87. The Morgan fingerprint density at radius 1 is 1.03 bits per heavy atom. The summed E-state index contributed by atoms with van der Waals surface area (Å²) in [6.45, 7) is 0.965. The number of anilines is 1. The van der Waals surface area contributed by atoms with Gasteiger partial charge in [0.25, 0.3) is 5.91 Å². The minimum Gasteiger partial charge on any atom is -0.493 e. The van der Waals surface area contributed by atoms with Crippen molar-refractivity contribution in [3.05, 3.63) is 78.0 Å². The van der Waals surface area contributed by atoms with E-state index in [1.807, 2.05) is 12.1 Å². The van der Waals surface area contributed by atoms with Gasteiger partial charge in [-0.1, -0.05) is 18.2 Å². The number of rotatable bonds is 4. The van der Waals surface area contributed by atoms with Crippen molar-refractivity contribution in [2.24, 2.45) is 4.99 Å². The number of carbonyl (C=O) groups excluding carboxylic acids is 1. The fourth-order valence-electron chi connectivity index (χ4n) is 3.37. The maximum atomic E-state index is 13.1. The first-order valence-electron chi connectivity index (χ1n) is 9.99. The number of fused-ring (bicyclic) bond motifs is 2. The molecule has 8 nitrogen and oxygen atoms in total. The van der Waals surface area contributed by atoms with Gasteiger partial charge in [-0.2, -0.15) is 0 Å². The summed E-state index contributed by atoms with van der Waals surface area (Å²) in [7, 11) is 1.56. The van der Waals surface area contributed by atoms with E-state index in [9.17, 15) is 4.79 Å². The van der Waals surface area contributed by atoms with E-state index in [-0.39, 0.29) is 11.1 Å². The maximum Gasteiger partial charge on any atom is 0.262 e. The molecule has 1 amide bonds. The van der Waals surface area contributed by atoms with Crippen molar-refractivity contribution >= 4 is 28.4 Å². The second kappa shape index (κ2) is 8.43. The van der Waals surface area contributed by atoms with Crippen LogP contribution >= 0.6 is 0 Å². The number of para-hydroxylation sites is 1. The van der Waals surface area contributed by atoms with Gasteiger partial charge in [0, 0.05) is 17.6 Å². The summed E-state index contributed by atoms with van der Waals surface area (Å²) in [5, 5.41) is 3.49. The Morgan fingerprint density at radius 3 is 2.72 bits per heavy atom. The average Bonchev–Trinajstić information content (AvgIpc) is 2.83. The van der Waals surface area contributed by atoms with Gasteiger partial charge in [0.1, 0.15) is 24.6 Å². The summed E-state index contributed by atoms with van der Waals surface area (Å²) in [6, 6.07) is 17.7. The summed E-state index contributed by atoms with van der Waals surface area (Å²) in [4.78, 5) is 21.9. The summed E-state index contributed by atoms with van der Waals surface area (Å²) in [6.07, 6.45) is 1.60. The highest BCUT2D eigenvalue weighted by Gasteiger charge is 2.16. The summed E-state index contributed by atoms with van der Waals surface area (Å²) in [5.41, 5.74) is 1.43. The van der Waals surface area contributed by atoms with E-state index in [0.29, 0.717) is 52.9 Å². The molecule has 5 rings (SSSR count). The molecule has 0 aliphatic carbocycles. The molecule has 3 heterocycles. The van der Waals surface area contributed by atoms with Gasteiger partial charge in [0.05, 0.1) is 12.8 Å². The first-order chi connectivity index (χ1) is 15.7. The first-order valence-corrected chi connectivity index (χ1v) is 9.99. The van der Waals surface area contributed by atoms with Crippen LogP contribution in [0.5, 0.6) is 17.2 Å². The predicted octanol–water partition coefficient (Wildman–Crippen LogP) is 4.09. The van der Waals surface area contributed by atoms with Crippen LogP contribution in [0.3, 0.4) is 0 Å². The lowest BCUT2D eigenvalue weighted by Gasteiger charge is -2.18. The quantitative estimate of drug-likeness (QED) is 0.525. The predicted molar refractivity (Wildman–Crippen MR) is 118 cm³/mol. The van der Waals surface area contributed by atoms with Crippen molar-refractivity contribution in [3.63, 3.8) is 0 Å². The minimum atomic E-state index is -0.395. The van der Waals surface area contributed by atoms with Gasteiger partial charge in [-0.25, -0.2) is 9.98 Å². The zero-order valence-corrected chi connectivity index (χ0v) is 17.2. The standard InChI is InChI=1S/C24H19N3O5/c1-29-19-6-4-5-15-13-17(23(28)27-21-7-2-3-10-25-21)24(32-22(15)19)26-16-8-9-18-20(14-16)31-12-11-30-18/h2-10,13-14H,11-12H2,1H3,(H,25,27,28). The fourth-order valence-corrected chi connectivity index (χ4v) is 3.37. The summed E-state index contributed by atoms with van der Waals surface area (Å²) < 4.78 is 22.7. The molecule has 32 heavy (non-hydrogen) atoms. The molecule has 4 aromatic rings. The molecule has 0 fully saturated rings. The van der Waals surface area contributed by atoms with E-state index in [1.54, 1.807) is 61.8 Å². The molecule has 1 N–H and O–H groups in total. The van der Waals surface area contributed by atoms with Crippen LogP contribution in [0.2, 0.25) is 0 Å². The Bertz CT molecular complexity index is 1370. The number of hydrogen-bond acceptors (Lipinski definition) is 7. The fraction of sp³-hybridized carbons (Fsp3) is 0.125. The number of nitrogens with zero attached hydrogens (tertiary/aromatic N) is 2. The normalized spacial score (nSPS) is 13.1. The summed E-state index contributed by atoms with van der Waals surface area (Å²) in [5.74, 6) is 1.82. The van der Waals surface area contributed by atoms with Crippen molar-refractivity contribution in [1.29, 1.82) is 0 Å². The Balaban J connectivity index is 1.66. The van der Waals surface area contributed by atoms with Crippen LogP contribution in [0.1, 0.15) is 10.4 Å². The van der Waals surface area contributed by atoms with E-state index in [0.717, 1.165) is 0 Å². The molecule has 0 bridgehead atoms. The van der Waals surface area contributed by atoms with Crippen molar-refractivity contribution in [3.8, 4) is 17.2 Å². The number of ether oxygens (including phenoxy) is 3. The Kier molecular flexibility index (Phi) is 5.17. The van der Waals surface area contributed by atoms with Crippen molar-refractivity contribution in [2.45, 2.75) is 0 Å². The number of hydrogen-bond donors (Lipinski definition) is 1. The second-order valence-electron chi connectivity index (χ2n) is 6.95. The lowest BCUT2D eigenvalue weighted by molar-refractivity contribution is 0.102. The van der Waals surface area contributed by atoms with Gasteiger partial charge in [-0.05, 0) is 36.4 Å². The van der Waals surface area contributed by atoms with Gasteiger partial charge < -0.3 is 23.9 Å². The van der Waals surface area contributed by atoms with Crippen LogP contribution in [0.4, 0.5) is 11.5 Å². The molecule has 0 atom stereocenters. The van der Waals surface area contributed by atoms with E-state index in [1.165, 1.54) is 0 Å². The van der Waals surface area contributed by atoms with Crippen LogP contribution in [-0.2, 0) is 0 Å². The second-order valence-corrected chi connectivity index (χ2v) is 6.95. The highest BCUT2D eigenvalue weighted by Crippen LogP contribution is 2.33. The van der Waals surface area contributed by atoms with Crippen molar-refractivity contribution in [2.75, 3.05) is 25.6 Å². The van der Waals surface area contributed by atoms with E-state index >= 15 is 0 Å². The van der Waals surface area contributed by atoms with Gasteiger partial charge in [0.2, 0.25) is 5.55 Å². The number of aromatic nitrogens is 1. The third-order valence-electron chi connectivity index (χ3n) is 4.87. The molecule has 8 heteroatoms. The largest absolute Gasteiger partial charge is 0.493 e. The van der Waals surface area contributed by atoms with Crippen molar-refractivity contribution < 1.29 is 23.4 Å². The molecule has 0 radical (unpaired) electrons. The molecule has 2 aromatic heterocycles. The summed E-state index contributed by atoms with van der Waals surface area (Å²) >= 11 is 0. The molecule has 0 spiro atoms. The SMILES string of the molecule is COc1cccc2cc(C(=O)Nc3ccccn3)c(=Nc3ccc4c(c3)OCCO4)oc12. The molecule has 0 saturated heterocycles. The van der Waals surface area contributed by atoms with E-state index < -0.39 is 5.91 Å². The van der Waals surface area contributed by atoms with Gasteiger partial charge in [0.15, 0.2) is 22.8 Å². The number of carbonyl (C=O) groups is 1. The average molecular weight is 429 g/mol. The molecule has 0 unspecified atom stereocenters. The number of pyridine rings is 1. The van der Waals surface area contributed by atoms with Gasteiger partial charge in [-0.3, -0.25) is 4.79 Å². The van der Waals surface area contributed by atoms with Crippen LogP contribution < -0.4 is 25.1 Å². The lowest BCUT2D eigenvalue weighted by Crippen LogP contribution is -2.22. The topological polar surface area (TPSA) is 95.2 Å². The smallest absolute Gasteiger partial charge is 0.262 e. The molecule has 0 saturated carbocycles. The van der Waals surface area contributed by atoms with Crippen molar-refractivity contribution in [1.82, 2.24) is 4.98 Å². The van der Waals surface area contributed by atoms with Crippen LogP contribution in [0.25, 0.3) is 11.0 Å². The van der Waals surface area contributed by atoms with E-state index in [4.69, 9.17) is 18.6 Å². The molecule has 2 aromatic carbocycles. The lowest BCUT2D eigenvalue weighted by atomic mass is 10.1. The van der Waals surface area contributed by atoms with E-state index in [2.05, 4.69) is 15.3 Å². The Labute approximate surface area is 183 Å². The molecular formula is C24H19N3O5. The zero-order chi connectivity index (χ0) is 21.9. The minimum absolute atomic E-state index is 0.132. The van der Waals surface area contributed by atoms with Gasteiger partial charge in [-0.15, -0.1) is 0 Å². The monoisotopic (exact) mass is 429 g/mol. The first kappa shape index (κ1) is 19.6. The highest BCUT2D eigenvalue weighted by atomic mass is 16.6. The van der Waals surface area contributed by atoms with Crippen LogP contribution in [-0.4, -0.2) is 31.2 Å².